The quantitative estimate of drug-likeness (QED) is 0.638. The molecule has 1 fully saturated rings. The molecule has 1 heterocycles. The van der Waals surface area contributed by atoms with Crippen molar-refractivity contribution < 1.29 is 49.0 Å². The number of halogens is 1. The normalized spacial score (nSPS) is 15.9. The van der Waals surface area contributed by atoms with Crippen LogP contribution in [0.4, 0.5) is 5.69 Å². The van der Waals surface area contributed by atoms with Crippen molar-refractivity contribution in [1.82, 2.24) is 4.90 Å². The molecule has 1 aromatic rings. The van der Waals surface area contributed by atoms with Gasteiger partial charge in [0.2, 0.25) is 5.91 Å². The SMILES string of the molecule is CC(C(=O)[O-])C(C)C(=O)Nc1ccc(Cl)cc1C(=O)N1CCCC1.[Na+]. The molecule has 1 aliphatic heterocycles. The number of aliphatic carboxylic acids is 1. The van der Waals surface area contributed by atoms with Crippen molar-refractivity contribution >= 4 is 35.1 Å². The molecule has 1 aromatic carbocycles. The summed E-state index contributed by atoms with van der Waals surface area (Å²) < 4.78 is 0. The fourth-order valence-electron chi connectivity index (χ4n) is 2.57. The number of benzene rings is 1. The number of likely N-dealkylation sites (tertiary alicyclic amines) is 1. The number of nitrogens with zero attached hydrogens (tertiary/aromatic N) is 1. The third-order valence-electron chi connectivity index (χ3n) is 4.40. The maximum atomic E-state index is 12.6. The summed E-state index contributed by atoms with van der Waals surface area (Å²) in [5.74, 6) is -3.69. The maximum Gasteiger partial charge on any atom is 1.00 e. The minimum atomic E-state index is -1.29. The van der Waals surface area contributed by atoms with Crippen molar-refractivity contribution in [1.29, 1.82) is 0 Å². The first-order valence-electron chi connectivity index (χ1n) is 7.91. The van der Waals surface area contributed by atoms with E-state index in [9.17, 15) is 19.5 Å². The van der Waals surface area contributed by atoms with Crippen LogP contribution in [0.25, 0.3) is 0 Å². The van der Waals surface area contributed by atoms with Crippen LogP contribution >= 0.6 is 11.6 Å². The molecular weight excluding hydrogens is 355 g/mol. The average Bonchev–Trinajstić information content (AvgIpc) is 3.08. The van der Waals surface area contributed by atoms with Crippen LogP contribution in [0.1, 0.15) is 37.0 Å². The maximum absolute atomic E-state index is 12.6. The molecular formula is C17H20ClN2NaO4. The molecule has 0 saturated carbocycles. The molecule has 1 aliphatic rings. The Kier molecular flexibility index (Phi) is 8.41. The summed E-state index contributed by atoms with van der Waals surface area (Å²) in [5, 5.41) is 14.0. The van der Waals surface area contributed by atoms with Gasteiger partial charge in [-0.1, -0.05) is 25.4 Å². The predicted octanol–water partition coefficient (Wildman–Crippen LogP) is -1.46. The first-order valence-corrected chi connectivity index (χ1v) is 8.29. The molecule has 1 saturated heterocycles. The van der Waals surface area contributed by atoms with E-state index in [1.807, 2.05) is 0 Å². The molecule has 0 bridgehead atoms. The van der Waals surface area contributed by atoms with Crippen LogP contribution in [0.5, 0.6) is 0 Å². The van der Waals surface area contributed by atoms with Gasteiger partial charge >= 0.3 is 29.6 Å². The van der Waals surface area contributed by atoms with Crippen LogP contribution in [0.3, 0.4) is 0 Å². The van der Waals surface area contributed by atoms with E-state index >= 15 is 0 Å². The van der Waals surface area contributed by atoms with E-state index in [1.54, 1.807) is 17.0 Å². The van der Waals surface area contributed by atoms with E-state index in [2.05, 4.69) is 5.32 Å². The molecule has 0 radical (unpaired) electrons. The van der Waals surface area contributed by atoms with E-state index in [4.69, 9.17) is 11.6 Å². The van der Waals surface area contributed by atoms with E-state index < -0.39 is 23.7 Å². The van der Waals surface area contributed by atoms with Crippen molar-refractivity contribution in [2.24, 2.45) is 11.8 Å². The number of hydrogen-bond acceptors (Lipinski definition) is 4. The summed E-state index contributed by atoms with van der Waals surface area (Å²) in [6.45, 7) is 4.28. The van der Waals surface area contributed by atoms with Gasteiger partial charge in [-0.2, -0.15) is 0 Å². The van der Waals surface area contributed by atoms with Crippen LogP contribution in [-0.2, 0) is 9.59 Å². The number of carbonyl (C=O) groups excluding carboxylic acids is 3. The number of hydrogen-bond donors (Lipinski definition) is 1. The standard InChI is InChI=1S/C17H21ClN2O4.Na/c1-10(11(2)17(23)24)15(21)19-14-6-5-12(18)9-13(14)16(22)20-7-3-4-8-20;/h5-6,9-11H,3-4,7-8H2,1-2H3,(H,19,21)(H,23,24);/q;+1/p-1. The zero-order chi connectivity index (χ0) is 17.9. The van der Waals surface area contributed by atoms with Crippen molar-refractivity contribution in [2.45, 2.75) is 26.7 Å². The van der Waals surface area contributed by atoms with Crippen LogP contribution in [-0.4, -0.2) is 35.8 Å². The Labute approximate surface area is 174 Å². The van der Waals surface area contributed by atoms with E-state index in [1.165, 1.54) is 19.9 Å². The number of anilines is 1. The number of carboxylic acids is 1. The van der Waals surface area contributed by atoms with Gasteiger partial charge in [0.15, 0.2) is 0 Å². The van der Waals surface area contributed by atoms with Gasteiger partial charge in [0.1, 0.15) is 0 Å². The molecule has 6 nitrogen and oxygen atoms in total. The summed E-state index contributed by atoms with van der Waals surface area (Å²) in [5.41, 5.74) is 0.643. The van der Waals surface area contributed by atoms with Crippen LogP contribution < -0.4 is 40.0 Å². The first-order chi connectivity index (χ1) is 11.3. The van der Waals surface area contributed by atoms with Gasteiger partial charge in [0.05, 0.1) is 11.3 Å². The van der Waals surface area contributed by atoms with Crippen molar-refractivity contribution in [2.75, 3.05) is 18.4 Å². The molecule has 2 rings (SSSR count). The number of carboxylic acid groups (broad SMARTS) is 1. The van der Waals surface area contributed by atoms with Crippen LogP contribution in [0.2, 0.25) is 5.02 Å². The third-order valence-corrected chi connectivity index (χ3v) is 4.63. The van der Waals surface area contributed by atoms with Gasteiger partial charge in [-0.05, 0) is 31.0 Å². The summed E-state index contributed by atoms with van der Waals surface area (Å²) in [6.07, 6.45) is 1.91. The Morgan fingerprint density at radius 3 is 2.32 bits per heavy atom. The monoisotopic (exact) mass is 374 g/mol. The number of amides is 2. The second-order valence-electron chi connectivity index (χ2n) is 6.07. The predicted molar refractivity (Wildman–Crippen MR) is 88.6 cm³/mol. The molecule has 1 N–H and O–H groups in total. The van der Waals surface area contributed by atoms with Gasteiger partial charge in [-0.15, -0.1) is 0 Å². The molecule has 130 valence electrons. The minimum Gasteiger partial charge on any atom is -0.550 e. The Bertz CT molecular complexity index is 662. The summed E-state index contributed by atoms with van der Waals surface area (Å²) in [6, 6.07) is 4.65. The van der Waals surface area contributed by atoms with Crippen molar-refractivity contribution in [3.05, 3.63) is 28.8 Å². The second-order valence-corrected chi connectivity index (χ2v) is 6.51. The fraction of sp³-hybridized carbons (Fsp3) is 0.471. The van der Waals surface area contributed by atoms with Crippen molar-refractivity contribution in [3.63, 3.8) is 0 Å². The summed E-state index contributed by atoms with van der Waals surface area (Å²) in [4.78, 5) is 37.5. The van der Waals surface area contributed by atoms with Gasteiger partial charge < -0.3 is 20.1 Å². The number of carbonyl (C=O) groups is 3. The average molecular weight is 375 g/mol. The molecule has 2 unspecified atom stereocenters. The molecule has 2 amide bonds. The Morgan fingerprint density at radius 1 is 1.16 bits per heavy atom. The van der Waals surface area contributed by atoms with E-state index in [0.29, 0.717) is 29.4 Å². The molecule has 0 aromatic heterocycles. The molecule has 8 heteroatoms. The number of rotatable bonds is 5. The zero-order valence-electron chi connectivity index (χ0n) is 14.7. The second kappa shape index (κ2) is 9.57. The molecule has 2 atom stereocenters. The van der Waals surface area contributed by atoms with Gasteiger partial charge in [0.25, 0.3) is 5.91 Å². The fourth-order valence-corrected chi connectivity index (χ4v) is 2.74. The van der Waals surface area contributed by atoms with Gasteiger partial charge in [-0.3, -0.25) is 9.59 Å². The first kappa shape index (κ1) is 22.0. The van der Waals surface area contributed by atoms with Crippen molar-refractivity contribution in [3.8, 4) is 0 Å². The van der Waals surface area contributed by atoms with E-state index in [-0.39, 0.29) is 35.5 Å². The smallest absolute Gasteiger partial charge is 0.550 e. The van der Waals surface area contributed by atoms with Crippen LogP contribution in [0.15, 0.2) is 18.2 Å². The Balaban J connectivity index is 0.00000312. The Morgan fingerprint density at radius 2 is 1.76 bits per heavy atom. The zero-order valence-corrected chi connectivity index (χ0v) is 17.4. The molecule has 25 heavy (non-hydrogen) atoms. The van der Waals surface area contributed by atoms with Gasteiger partial charge in [-0.25, -0.2) is 0 Å². The van der Waals surface area contributed by atoms with E-state index in [0.717, 1.165) is 12.8 Å². The minimum absolute atomic E-state index is 0. The number of nitrogens with one attached hydrogen (secondary N) is 1. The largest absolute Gasteiger partial charge is 1.00 e. The third kappa shape index (κ3) is 5.45. The topological polar surface area (TPSA) is 89.5 Å². The van der Waals surface area contributed by atoms with Gasteiger partial charge in [0, 0.05) is 35.9 Å². The summed E-state index contributed by atoms with van der Waals surface area (Å²) in [7, 11) is 0. The van der Waals surface area contributed by atoms with Crippen LogP contribution in [0, 0.1) is 11.8 Å². The Hall–Kier alpha value is -1.08. The summed E-state index contributed by atoms with van der Waals surface area (Å²) >= 11 is 5.99. The molecule has 0 spiro atoms. The molecule has 0 aliphatic carbocycles.